The molecule has 140 valence electrons. The Morgan fingerprint density at radius 3 is 2.67 bits per heavy atom. The van der Waals surface area contributed by atoms with Gasteiger partial charge in [-0.1, -0.05) is 0 Å². The fourth-order valence-electron chi connectivity index (χ4n) is 3.34. The lowest BCUT2D eigenvalue weighted by atomic mass is 9.99. The summed E-state index contributed by atoms with van der Waals surface area (Å²) in [6.45, 7) is 6.19. The van der Waals surface area contributed by atoms with E-state index in [0.29, 0.717) is 0 Å². The first-order chi connectivity index (χ1) is 12.8. The average molecular weight is 384 g/mol. The number of ether oxygens (including phenoxy) is 2. The summed E-state index contributed by atoms with van der Waals surface area (Å²) in [6, 6.07) is 10.4. The summed E-state index contributed by atoms with van der Waals surface area (Å²) < 4.78 is 24.7. The molecule has 27 heavy (non-hydrogen) atoms. The van der Waals surface area contributed by atoms with Crippen LogP contribution in [0.5, 0.6) is 11.5 Å². The number of hydrogen-bond donors (Lipinski definition) is 1. The molecule has 1 aliphatic heterocycles. The first kappa shape index (κ1) is 17.8. The van der Waals surface area contributed by atoms with E-state index in [1.807, 2.05) is 13.0 Å². The number of aromatic nitrogens is 1. The molecule has 0 saturated heterocycles. The number of thiazole rings is 1. The second-order valence-electron chi connectivity index (χ2n) is 7.26. The molecule has 0 bridgehead atoms. The molecular formula is C21H21FN2O2S. The molecule has 1 aliphatic rings. The number of nitrogens with one attached hydrogen (secondary N) is 1. The van der Waals surface area contributed by atoms with E-state index in [4.69, 9.17) is 14.5 Å². The molecule has 0 unspecified atom stereocenters. The molecule has 0 radical (unpaired) electrons. The molecular weight excluding hydrogens is 363 g/mol. The Hall–Kier alpha value is -2.60. The van der Waals surface area contributed by atoms with Gasteiger partial charge in [0.2, 0.25) is 0 Å². The van der Waals surface area contributed by atoms with Crippen molar-refractivity contribution in [3.05, 3.63) is 52.7 Å². The van der Waals surface area contributed by atoms with Crippen LogP contribution in [-0.2, 0) is 6.42 Å². The van der Waals surface area contributed by atoms with Crippen molar-refractivity contribution in [2.45, 2.75) is 32.8 Å². The number of nitrogens with zero attached hydrogens (tertiary/aromatic N) is 1. The standard InChI is InChI=1S/C21H21FN2O2S/c1-12-18(24-20(27-12)23-16-7-5-15(22)6-8-16)13-9-14-11-21(2,3)26-19(14)17(10-13)25-4/h5-10H,11H2,1-4H3,(H,23,24). The molecule has 0 saturated carbocycles. The Kier molecular flexibility index (Phi) is 4.30. The van der Waals surface area contributed by atoms with Gasteiger partial charge in [-0.25, -0.2) is 9.37 Å². The van der Waals surface area contributed by atoms with Crippen LogP contribution < -0.4 is 14.8 Å². The van der Waals surface area contributed by atoms with E-state index in [9.17, 15) is 4.39 Å². The highest BCUT2D eigenvalue weighted by Gasteiger charge is 2.33. The quantitative estimate of drug-likeness (QED) is 0.624. The van der Waals surface area contributed by atoms with Gasteiger partial charge in [0, 0.05) is 28.1 Å². The highest BCUT2D eigenvalue weighted by Crippen LogP contribution is 2.45. The molecule has 4 nitrogen and oxygen atoms in total. The molecule has 0 atom stereocenters. The molecule has 1 aromatic heterocycles. The second-order valence-corrected chi connectivity index (χ2v) is 8.46. The number of anilines is 2. The summed E-state index contributed by atoms with van der Waals surface area (Å²) in [5.74, 6) is 1.30. The van der Waals surface area contributed by atoms with Crippen molar-refractivity contribution >= 4 is 22.2 Å². The fourth-order valence-corrected chi connectivity index (χ4v) is 4.20. The lowest BCUT2D eigenvalue weighted by Crippen LogP contribution is -2.24. The minimum Gasteiger partial charge on any atom is -0.493 e. The van der Waals surface area contributed by atoms with Crippen LogP contribution in [0.2, 0.25) is 0 Å². The zero-order valence-corrected chi connectivity index (χ0v) is 16.5. The fraction of sp³-hybridized carbons (Fsp3) is 0.286. The maximum atomic E-state index is 13.1. The van der Waals surface area contributed by atoms with Gasteiger partial charge < -0.3 is 14.8 Å². The zero-order chi connectivity index (χ0) is 19.2. The van der Waals surface area contributed by atoms with Gasteiger partial charge in [0.15, 0.2) is 16.6 Å². The van der Waals surface area contributed by atoms with Crippen LogP contribution in [0.15, 0.2) is 36.4 Å². The molecule has 6 heteroatoms. The van der Waals surface area contributed by atoms with Crippen LogP contribution in [0.3, 0.4) is 0 Å². The van der Waals surface area contributed by atoms with Crippen molar-refractivity contribution < 1.29 is 13.9 Å². The zero-order valence-electron chi connectivity index (χ0n) is 15.7. The van der Waals surface area contributed by atoms with Gasteiger partial charge >= 0.3 is 0 Å². The Bertz CT molecular complexity index is 996. The first-order valence-corrected chi connectivity index (χ1v) is 9.56. The third-order valence-corrected chi connectivity index (χ3v) is 5.40. The summed E-state index contributed by atoms with van der Waals surface area (Å²) in [7, 11) is 1.66. The lowest BCUT2D eigenvalue weighted by Gasteiger charge is -2.17. The minimum absolute atomic E-state index is 0.235. The molecule has 2 heterocycles. The summed E-state index contributed by atoms with van der Waals surface area (Å²) in [4.78, 5) is 5.85. The average Bonchev–Trinajstić information content (AvgIpc) is 3.13. The summed E-state index contributed by atoms with van der Waals surface area (Å²) in [6.07, 6.45) is 0.830. The highest BCUT2D eigenvalue weighted by molar-refractivity contribution is 7.16. The SMILES string of the molecule is COc1cc(-c2nc(Nc3ccc(F)cc3)sc2C)cc2c1OC(C)(C)C2. The third-order valence-electron chi connectivity index (χ3n) is 4.51. The number of aryl methyl sites for hydroxylation is 1. The van der Waals surface area contributed by atoms with E-state index in [1.54, 1.807) is 30.6 Å². The number of fused-ring (bicyclic) bond motifs is 1. The molecule has 0 fully saturated rings. The van der Waals surface area contributed by atoms with Crippen molar-refractivity contribution in [3.63, 3.8) is 0 Å². The van der Waals surface area contributed by atoms with E-state index in [0.717, 1.165) is 50.4 Å². The van der Waals surface area contributed by atoms with Gasteiger partial charge in [-0.3, -0.25) is 0 Å². The van der Waals surface area contributed by atoms with Crippen molar-refractivity contribution in [3.8, 4) is 22.8 Å². The maximum absolute atomic E-state index is 13.1. The van der Waals surface area contributed by atoms with E-state index < -0.39 is 0 Å². The summed E-state index contributed by atoms with van der Waals surface area (Å²) in [5, 5.41) is 4.01. The van der Waals surface area contributed by atoms with Crippen LogP contribution >= 0.6 is 11.3 Å². The molecule has 1 N–H and O–H groups in total. The van der Waals surface area contributed by atoms with E-state index in [-0.39, 0.29) is 11.4 Å². The van der Waals surface area contributed by atoms with Crippen LogP contribution in [0.4, 0.5) is 15.2 Å². The Labute approximate surface area is 162 Å². The van der Waals surface area contributed by atoms with E-state index in [2.05, 4.69) is 25.2 Å². The molecule has 2 aromatic carbocycles. The largest absolute Gasteiger partial charge is 0.493 e. The van der Waals surface area contributed by atoms with Gasteiger partial charge in [0.25, 0.3) is 0 Å². The minimum atomic E-state index is -0.257. The smallest absolute Gasteiger partial charge is 0.187 e. The molecule has 0 amide bonds. The van der Waals surface area contributed by atoms with Crippen LogP contribution in [0.1, 0.15) is 24.3 Å². The Morgan fingerprint density at radius 2 is 1.96 bits per heavy atom. The Balaban J connectivity index is 1.68. The van der Waals surface area contributed by atoms with Gasteiger partial charge in [-0.15, -0.1) is 11.3 Å². The van der Waals surface area contributed by atoms with Crippen LogP contribution in [-0.4, -0.2) is 17.7 Å². The predicted octanol–water partition coefficient (Wildman–Crippen LogP) is 5.72. The number of hydrogen-bond acceptors (Lipinski definition) is 5. The number of halogens is 1. The predicted molar refractivity (Wildman–Crippen MR) is 107 cm³/mol. The number of rotatable bonds is 4. The summed E-state index contributed by atoms with van der Waals surface area (Å²) in [5.41, 5.74) is 3.62. The van der Waals surface area contributed by atoms with Crippen molar-refractivity contribution in [2.75, 3.05) is 12.4 Å². The number of methoxy groups -OCH3 is 1. The third kappa shape index (κ3) is 3.49. The Morgan fingerprint density at radius 1 is 1.22 bits per heavy atom. The molecule has 3 aromatic rings. The molecule has 0 spiro atoms. The maximum Gasteiger partial charge on any atom is 0.187 e. The van der Waals surface area contributed by atoms with E-state index >= 15 is 0 Å². The number of benzene rings is 2. The second kappa shape index (κ2) is 6.53. The van der Waals surface area contributed by atoms with Gasteiger partial charge in [-0.2, -0.15) is 0 Å². The molecule has 0 aliphatic carbocycles. The normalized spacial score (nSPS) is 14.6. The van der Waals surface area contributed by atoms with Crippen LogP contribution in [0.25, 0.3) is 11.3 Å². The topological polar surface area (TPSA) is 43.4 Å². The van der Waals surface area contributed by atoms with Gasteiger partial charge in [0.05, 0.1) is 12.8 Å². The lowest BCUT2D eigenvalue weighted by molar-refractivity contribution is 0.134. The molecule has 4 rings (SSSR count). The van der Waals surface area contributed by atoms with Crippen molar-refractivity contribution in [1.29, 1.82) is 0 Å². The first-order valence-electron chi connectivity index (χ1n) is 8.75. The summed E-state index contributed by atoms with van der Waals surface area (Å²) >= 11 is 1.57. The van der Waals surface area contributed by atoms with Gasteiger partial charge in [-0.05, 0) is 57.2 Å². The monoisotopic (exact) mass is 384 g/mol. The van der Waals surface area contributed by atoms with E-state index in [1.165, 1.54) is 12.1 Å². The van der Waals surface area contributed by atoms with Crippen molar-refractivity contribution in [2.24, 2.45) is 0 Å². The highest BCUT2D eigenvalue weighted by atomic mass is 32.1. The van der Waals surface area contributed by atoms with Gasteiger partial charge in [0.1, 0.15) is 11.4 Å². The van der Waals surface area contributed by atoms with Crippen LogP contribution in [0, 0.1) is 12.7 Å². The van der Waals surface area contributed by atoms with Crippen molar-refractivity contribution in [1.82, 2.24) is 4.98 Å².